The molecule has 1 fully saturated rings. The maximum absolute atomic E-state index is 3.70. The Morgan fingerprint density at radius 3 is 3.13 bits per heavy atom. The van der Waals surface area contributed by atoms with Gasteiger partial charge in [-0.05, 0) is 43.4 Å². The quantitative estimate of drug-likeness (QED) is 0.680. The first kappa shape index (κ1) is 9.41. The van der Waals surface area contributed by atoms with Crippen molar-refractivity contribution in [3.05, 3.63) is 35.4 Å². The molecule has 2 atom stereocenters. The fourth-order valence-electron chi connectivity index (χ4n) is 3.47. The summed E-state index contributed by atoms with van der Waals surface area (Å²) in [6.45, 7) is 3.66. The first-order valence-electron chi connectivity index (χ1n) is 6.12. The molecule has 0 bridgehead atoms. The predicted octanol–water partition coefficient (Wildman–Crippen LogP) is 2.64. The predicted molar refractivity (Wildman–Crippen MR) is 63.1 cm³/mol. The van der Waals surface area contributed by atoms with Crippen molar-refractivity contribution in [3.63, 3.8) is 0 Å². The monoisotopic (exact) mass is 201 g/mol. The number of rotatable bonds is 0. The third-order valence-electron chi connectivity index (χ3n) is 4.37. The van der Waals surface area contributed by atoms with Gasteiger partial charge in [-0.2, -0.15) is 0 Å². The van der Waals surface area contributed by atoms with Gasteiger partial charge in [0, 0.05) is 11.5 Å². The van der Waals surface area contributed by atoms with E-state index in [4.69, 9.17) is 0 Å². The van der Waals surface area contributed by atoms with Crippen LogP contribution in [0.2, 0.25) is 0 Å². The Morgan fingerprint density at radius 2 is 2.20 bits per heavy atom. The highest BCUT2D eigenvalue weighted by Crippen LogP contribution is 2.42. The lowest BCUT2D eigenvalue weighted by Gasteiger charge is -2.46. The Hall–Kier alpha value is -0.820. The molecule has 1 N–H and O–H groups in total. The molecule has 3 rings (SSSR count). The lowest BCUT2D eigenvalue weighted by Crippen LogP contribution is -2.53. The highest BCUT2D eigenvalue weighted by atomic mass is 14.9. The van der Waals surface area contributed by atoms with Crippen LogP contribution in [-0.2, 0) is 11.8 Å². The Labute approximate surface area is 91.9 Å². The summed E-state index contributed by atoms with van der Waals surface area (Å²) < 4.78 is 0. The van der Waals surface area contributed by atoms with Crippen LogP contribution in [0.15, 0.2) is 24.3 Å². The second-order valence-corrected chi connectivity index (χ2v) is 5.22. The Morgan fingerprint density at radius 1 is 1.33 bits per heavy atom. The molecule has 0 saturated carbocycles. The van der Waals surface area contributed by atoms with Crippen LogP contribution in [-0.4, -0.2) is 12.6 Å². The number of hydrogen-bond acceptors (Lipinski definition) is 1. The molecule has 1 aromatic carbocycles. The largest absolute Gasteiger partial charge is 0.313 e. The van der Waals surface area contributed by atoms with E-state index in [2.05, 4.69) is 36.5 Å². The maximum atomic E-state index is 3.70. The van der Waals surface area contributed by atoms with Crippen molar-refractivity contribution in [1.29, 1.82) is 0 Å². The summed E-state index contributed by atoms with van der Waals surface area (Å²) in [4.78, 5) is 0. The first-order chi connectivity index (χ1) is 7.31. The zero-order chi connectivity index (χ0) is 10.3. The van der Waals surface area contributed by atoms with Crippen molar-refractivity contribution in [2.75, 3.05) is 6.54 Å². The number of benzene rings is 1. The summed E-state index contributed by atoms with van der Waals surface area (Å²) in [5.41, 5.74) is 3.58. The van der Waals surface area contributed by atoms with E-state index in [1.54, 1.807) is 11.1 Å². The molecular weight excluding hydrogens is 182 g/mol. The summed E-state index contributed by atoms with van der Waals surface area (Å²) in [5.74, 6) is 0. The summed E-state index contributed by atoms with van der Waals surface area (Å²) in [5, 5.41) is 3.70. The molecule has 0 radical (unpaired) electrons. The lowest BCUT2D eigenvalue weighted by atomic mass is 9.64. The number of aryl methyl sites for hydroxylation is 1. The summed E-state index contributed by atoms with van der Waals surface area (Å²) in [7, 11) is 0. The van der Waals surface area contributed by atoms with E-state index >= 15 is 0 Å². The van der Waals surface area contributed by atoms with Crippen LogP contribution >= 0.6 is 0 Å². The van der Waals surface area contributed by atoms with Crippen molar-refractivity contribution < 1.29 is 0 Å². The normalized spacial score (nSPS) is 34.3. The topological polar surface area (TPSA) is 12.0 Å². The molecule has 1 heterocycles. The van der Waals surface area contributed by atoms with Gasteiger partial charge in [-0.3, -0.25) is 0 Å². The fraction of sp³-hybridized carbons (Fsp3) is 0.571. The smallest absolute Gasteiger partial charge is 0.0165 e. The maximum Gasteiger partial charge on any atom is 0.0165 e. The zero-order valence-electron chi connectivity index (χ0n) is 9.42. The molecule has 1 aromatic rings. The van der Waals surface area contributed by atoms with Crippen molar-refractivity contribution in [1.82, 2.24) is 5.32 Å². The molecule has 0 amide bonds. The molecule has 0 unspecified atom stereocenters. The number of hydrogen-bond donors (Lipinski definition) is 1. The van der Waals surface area contributed by atoms with Gasteiger partial charge in [0.25, 0.3) is 0 Å². The molecule has 0 spiro atoms. The van der Waals surface area contributed by atoms with Crippen molar-refractivity contribution in [2.24, 2.45) is 0 Å². The summed E-state index contributed by atoms with van der Waals surface area (Å²) in [6, 6.07) is 9.74. The third kappa shape index (κ3) is 1.33. The van der Waals surface area contributed by atoms with E-state index in [-0.39, 0.29) is 0 Å². The summed E-state index contributed by atoms with van der Waals surface area (Å²) in [6.07, 6.45) is 5.24. The van der Waals surface area contributed by atoms with E-state index in [0.29, 0.717) is 11.5 Å². The molecule has 15 heavy (non-hydrogen) atoms. The van der Waals surface area contributed by atoms with Crippen LogP contribution in [0.1, 0.15) is 37.3 Å². The number of fused-ring (bicyclic) bond motifs is 3. The van der Waals surface area contributed by atoms with Crippen molar-refractivity contribution in [2.45, 2.75) is 44.1 Å². The van der Waals surface area contributed by atoms with Crippen LogP contribution in [0.3, 0.4) is 0 Å². The van der Waals surface area contributed by atoms with Crippen LogP contribution in [0.4, 0.5) is 0 Å². The molecule has 1 nitrogen and oxygen atoms in total. The Bertz CT molecular complexity index is 371. The van der Waals surface area contributed by atoms with Crippen LogP contribution in [0.25, 0.3) is 0 Å². The standard InChI is InChI=1S/C14H19N/c1-14-9-4-10-15-13(14)8-7-11-5-2-3-6-12(11)14/h2-3,5-6,13,15H,4,7-10H2,1H3/t13-,14-/m0/s1. The van der Waals surface area contributed by atoms with Crippen molar-refractivity contribution >= 4 is 0 Å². The van der Waals surface area contributed by atoms with Gasteiger partial charge in [0.15, 0.2) is 0 Å². The molecule has 1 heteroatoms. The molecule has 1 saturated heterocycles. The minimum Gasteiger partial charge on any atom is -0.313 e. The Balaban J connectivity index is 2.09. The third-order valence-corrected chi connectivity index (χ3v) is 4.37. The second kappa shape index (κ2) is 3.34. The van der Waals surface area contributed by atoms with E-state index in [1.807, 2.05) is 0 Å². The average molecular weight is 201 g/mol. The van der Waals surface area contributed by atoms with Gasteiger partial charge in [0.05, 0.1) is 0 Å². The first-order valence-corrected chi connectivity index (χ1v) is 6.12. The van der Waals surface area contributed by atoms with Gasteiger partial charge in [-0.15, -0.1) is 0 Å². The number of nitrogens with one attached hydrogen (secondary N) is 1. The number of piperidine rings is 1. The van der Waals surface area contributed by atoms with Gasteiger partial charge >= 0.3 is 0 Å². The Kier molecular flexibility index (Phi) is 2.10. The van der Waals surface area contributed by atoms with Crippen LogP contribution in [0, 0.1) is 0 Å². The van der Waals surface area contributed by atoms with Gasteiger partial charge in [0.2, 0.25) is 0 Å². The van der Waals surface area contributed by atoms with E-state index in [1.165, 1.54) is 32.2 Å². The van der Waals surface area contributed by atoms with Gasteiger partial charge in [-0.25, -0.2) is 0 Å². The minimum atomic E-state index is 0.396. The van der Waals surface area contributed by atoms with Gasteiger partial charge in [0.1, 0.15) is 0 Å². The van der Waals surface area contributed by atoms with E-state index in [9.17, 15) is 0 Å². The summed E-state index contributed by atoms with van der Waals surface area (Å²) >= 11 is 0. The molecule has 80 valence electrons. The molecular formula is C14H19N. The van der Waals surface area contributed by atoms with Gasteiger partial charge < -0.3 is 5.32 Å². The molecule has 1 aliphatic heterocycles. The highest BCUT2D eigenvalue weighted by Gasteiger charge is 2.41. The fourth-order valence-corrected chi connectivity index (χ4v) is 3.47. The second-order valence-electron chi connectivity index (χ2n) is 5.22. The van der Waals surface area contributed by atoms with Crippen molar-refractivity contribution in [3.8, 4) is 0 Å². The van der Waals surface area contributed by atoms with E-state index in [0.717, 1.165) is 0 Å². The molecule has 2 aliphatic rings. The molecule has 1 aliphatic carbocycles. The van der Waals surface area contributed by atoms with Crippen LogP contribution in [0.5, 0.6) is 0 Å². The van der Waals surface area contributed by atoms with Gasteiger partial charge in [-0.1, -0.05) is 31.2 Å². The van der Waals surface area contributed by atoms with E-state index < -0.39 is 0 Å². The van der Waals surface area contributed by atoms with Crippen LogP contribution < -0.4 is 5.32 Å². The minimum absolute atomic E-state index is 0.396. The SMILES string of the molecule is C[C@@]12CCCN[C@H]1CCc1ccccc12. The zero-order valence-corrected chi connectivity index (χ0v) is 9.42. The average Bonchev–Trinajstić information content (AvgIpc) is 2.29. The highest BCUT2D eigenvalue weighted by molar-refractivity contribution is 5.38. The molecule has 0 aromatic heterocycles. The lowest BCUT2D eigenvalue weighted by molar-refractivity contribution is 0.220.